The highest BCUT2D eigenvalue weighted by Gasteiger charge is 2.29. The van der Waals surface area contributed by atoms with Gasteiger partial charge >= 0.3 is 0 Å². The average Bonchev–Trinajstić information content (AvgIpc) is 3.86. The number of amidine groups is 2. The Labute approximate surface area is 334 Å². The average molecular weight is 753 g/mol. The summed E-state index contributed by atoms with van der Waals surface area (Å²) in [7, 11) is 0. The smallest absolute Gasteiger partial charge is 0.159 e. The number of thiophene rings is 1. The Morgan fingerprint density at radius 2 is 1.37 bits per heavy atom. The Morgan fingerprint density at radius 1 is 0.649 bits per heavy atom. The number of para-hydroxylation sites is 2. The molecule has 2 aromatic heterocycles. The molecule has 3 heterocycles. The van der Waals surface area contributed by atoms with Gasteiger partial charge in [0.2, 0.25) is 0 Å². The quantitative estimate of drug-likeness (QED) is 0.176. The minimum absolute atomic E-state index is 0.0812. The van der Waals surface area contributed by atoms with E-state index in [2.05, 4.69) is 186 Å². The third kappa shape index (κ3) is 5.93. The highest BCUT2D eigenvalue weighted by molar-refractivity contribution is 7.25. The first-order chi connectivity index (χ1) is 28.2. The normalized spacial score (nSPS) is 16.7. The van der Waals surface area contributed by atoms with Crippen molar-refractivity contribution in [3.05, 3.63) is 210 Å². The Hall–Kier alpha value is -7.02. The molecule has 0 bridgehead atoms. The summed E-state index contributed by atoms with van der Waals surface area (Å²) in [6, 6.07) is 59.7. The lowest BCUT2D eigenvalue weighted by atomic mass is 9.95. The van der Waals surface area contributed by atoms with Crippen LogP contribution < -0.4 is 10.2 Å². The first-order valence-electron chi connectivity index (χ1n) is 19.4. The van der Waals surface area contributed by atoms with E-state index < -0.39 is 0 Å². The molecule has 0 radical (unpaired) electrons. The van der Waals surface area contributed by atoms with E-state index in [4.69, 9.17) is 14.4 Å². The van der Waals surface area contributed by atoms with Crippen molar-refractivity contribution in [1.82, 2.24) is 5.32 Å². The van der Waals surface area contributed by atoms with Crippen molar-refractivity contribution in [3.63, 3.8) is 0 Å². The van der Waals surface area contributed by atoms with E-state index in [9.17, 15) is 0 Å². The lowest BCUT2D eigenvalue weighted by Gasteiger charge is -2.34. The lowest BCUT2D eigenvalue weighted by molar-refractivity contribution is 0.659. The topological polar surface area (TPSA) is 53.1 Å². The highest BCUT2D eigenvalue weighted by Crippen LogP contribution is 2.43. The van der Waals surface area contributed by atoms with Crippen LogP contribution in [0.3, 0.4) is 0 Å². The Morgan fingerprint density at radius 3 is 2.18 bits per heavy atom. The number of nitrogens with zero attached hydrogens (tertiary/aromatic N) is 3. The minimum atomic E-state index is -0.343. The third-order valence-electron chi connectivity index (χ3n) is 11.1. The van der Waals surface area contributed by atoms with Crippen LogP contribution in [0.15, 0.2) is 202 Å². The summed E-state index contributed by atoms with van der Waals surface area (Å²) >= 11 is 1.80. The van der Waals surface area contributed by atoms with E-state index in [1.807, 2.05) is 12.1 Å². The molecular formula is C51H36N4OS. The monoisotopic (exact) mass is 752 g/mol. The number of anilines is 2. The molecule has 1 aliphatic heterocycles. The van der Waals surface area contributed by atoms with Gasteiger partial charge in [-0.1, -0.05) is 146 Å². The lowest BCUT2D eigenvalue weighted by Crippen LogP contribution is -2.34. The molecule has 0 spiro atoms. The van der Waals surface area contributed by atoms with E-state index >= 15 is 0 Å². The summed E-state index contributed by atoms with van der Waals surface area (Å²) in [5.41, 5.74) is 9.22. The summed E-state index contributed by atoms with van der Waals surface area (Å²) in [5, 5.41) is 8.35. The summed E-state index contributed by atoms with van der Waals surface area (Å²) in [5.74, 6) is 1.41. The zero-order valence-electron chi connectivity index (χ0n) is 30.9. The number of allylic oxidation sites excluding steroid dienone is 2. The number of rotatable bonds is 7. The van der Waals surface area contributed by atoms with E-state index in [0.29, 0.717) is 5.84 Å². The molecule has 2 aliphatic rings. The number of hydrogen-bond donors (Lipinski definition) is 1. The second-order valence-electron chi connectivity index (χ2n) is 14.5. The molecule has 11 rings (SSSR count). The summed E-state index contributed by atoms with van der Waals surface area (Å²) in [4.78, 5) is 13.0. The zero-order chi connectivity index (χ0) is 37.7. The first kappa shape index (κ1) is 33.3. The van der Waals surface area contributed by atoms with Crippen molar-refractivity contribution in [2.45, 2.75) is 18.6 Å². The molecule has 9 aromatic rings. The molecule has 272 valence electrons. The molecule has 6 heteroatoms. The van der Waals surface area contributed by atoms with Gasteiger partial charge < -0.3 is 14.6 Å². The second kappa shape index (κ2) is 13.9. The fourth-order valence-electron chi connectivity index (χ4n) is 8.33. The van der Waals surface area contributed by atoms with Crippen LogP contribution in [0.5, 0.6) is 0 Å². The molecule has 1 N–H and O–H groups in total. The van der Waals surface area contributed by atoms with Gasteiger partial charge in [0.05, 0.1) is 22.7 Å². The molecule has 0 amide bonds. The van der Waals surface area contributed by atoms with Gasteiger partial charge in [-0.25, -0.2) is 9.98 Å². The molecule has 5 nitrogen and oxygen atoms in total. The maximum atomic E-state index is 6.88. The van der Waals surface area contributed by atoms with Crippen LogP contribution in [0.25, 0.3) is 47.7 Å². The molecule has 57 heavy (non-hydrogen) atoms. The SMILES string of the molecule is C1=CC(N(c2ccccc2)c2ccc(C3=NC(c4ccc5c(c4)sc4ccccc45)=NC(c4ccccc4)N3)c3oc4ccccc4c23)CC=C1c1ccccc1. The van der Waals surface area contributed by atoms with Gasteiger partial charge in [-0.3, -0.25) is 0 Å². The maximum absolute atomic E-state index is 6.88. The van der Waals surface area contributed by atoms with Crippen LogP contribution in [0.2, 0.25) is 0 Å². The standard InChI is InChI=1S/C51H36N4OS/c1-4-14-33(15-5-1)34-24-27-38(28-25-34)55(37-18-8-3-9-19-37)43-31-30-42(48-47(43)41-21-10-12-22-44(41)56-48)51-53-49(35-16-6-2-7-17-35)52-50(54-51)36-26-29-40-39-20-11-13-23-45(39)57-46(40)32-36/h1-27,29-32,38,49H,28H2,(H,52,53,54). The number of furan rings is 1. The molecule has 7 aromatic carbocycles. The van der Waals surface area contributed by atoms with Crippen LogP contribution in [-0.2, 0) is 0 Å². The number of nitrogens with one attached hydrogen (secondary N) is 1. The molecule has 0 saturated carbocycles. The third-order valence-corrected chi connectivity index (χ3v) is 12.2. The molecule has 0 saturated heterocycles. The number of hydrogen-bond acceptors (Lipinski definition) is 6. The zero-order valence-corrected chi connectivity index (χ0v) is 31.7. The Bertz CT molecular complexity index is 3090. The van der Waals surface area contributed by atoms with Gasteiger partial charge in [0.25, 0.3) is 0 Å². The Balaban J connectivity index is 1.07. The van der Waals surface area contributed by atoms with Crippen molar-refractivity contribution >= 4 is 82.1 Å². The van der Waals surface area contributed by atoms with Gasteiger partial charge in [0.15, 0.2) is 5.84 Å². The summed E-state index contributed by atoms with van der Waals surface area (Å²) in [6.07, 6.45) is 7.47. The molecule has 1 aliphatic carbocycles. The number of benzene rings is 7. The maximum Gasteiger partial charge on any atom is 0.159 e. The van der Waals surface area contributed by atoms with Gasteiger partial charge in [0, 0.05) is 36.8 Å². The van der Waals surface area contributed by atoms with Crippen molar-refractivity contribution < 1.29 is 4.42 Å². The number of aliphatic imine (C=N–C) groups is 2. The predicted molar refractivity (Wildman–Crippen MR) is 239 cm³/mol. The van der Waals surface area contributed by atoms with Crippen LogP contribution in [0, 0.1) is 0 Å². The van der Waals surface area contributed by atoms with Crippen LogP contribution >= 0.6 is 11.3 Å². The molecular weight excluding hydrogens is 717 g/mol. The van der Waals surface area contributed by atoms with Crippen LogP contribution in [0.4, 0.5) is 11.4 Å². The summed E-state index contributed by atoms with van der Waals surface area (Å²) in [6.45, 7) is 0. The molecule has 0 fully saturated rings. The van der Waals surface area contributed by atoms with E-state index in [1.165, 1.54) is 31.3 Å². The van der Waals surface area contributed by atoms with Gasteiger partial charge in [-0.05, 0) is 65.6 Å². The van der Waals surface area contributed by atoms with Crippen molar-refractivity contribution in [2.75, 3.05) is 4.90 Å². The minimum Gasteiger partial charge on any atom is -0.455 e. The van der Waals surface area contributed by atoms with Gasteiger partial charge in [0.1, 0.15) is 23.2 Å². The van der Waals surface area contributed by atoms with E-state index in [-0.39, 0.29) is 12.2 Å². The van der Waals surface area contributed by atoms with Crippen LogP contribution in [-0.4, -0.2) is 17.7 Å². The van der Waals surface area contributed by atoms with E-state index in [0.717, 1.165) is 62.3 Å². The van der Waals surface area contributed by atoms with Gasteiger partial charge in [-0.15, -0.1) is 11.3 Å². The van der Waals surface area contributed by atoms with Crippen LogP contribution in [0.1, 0.15) is 34.8 Å². The van der Waals surface area contributed by atoms with Crippen molar-refractivity contribution in [3.8, 4) is 0 Å². The van der Waals surface area contributed by atoms with Gasteiger partial charge in [-0.2, -0.15) is 0 Å². The largest absolute Gasteiger partial charge is 0.455 e. The molecule has 2 atom stereocenters. The first-order valence-corrected chi connectivity index (χ1v) is 20.2. The fraction of sp³-hybridized carbons (Fsp3) is 0.0588. The van der Waals surface area contributed by atoms with E-state index in [1.54, 1.807) is 11.3 Å². The Kier molecular flexibility index (Phi) is 8.14. The summed E-state index contributed by atoms with van der Waals surface area (Å²) < 4.78 is 9.38. The second-order valence-corrected chi connectivity index (χ2v) is 15.6. The fourth-order valence-corrected chi connectivity index (χ4v) is 9.47. The highest BCUT2D eigenvalue weighted by atomic mass is 32.1. The van der Waals surface area contributed by atoms with Crippen molar-refractivity contribution in [2.24, 2.45) is 9.98 Å². The van der Waals surface area contributed by atoms with Crippen molar-refractivity contribution in [1.29, 1.82) is 0 Å². The molecule has 2 unspecified atom stereocenters. The number of fused-ring (bicyclic) bond motifs is 6. The predicted octanol–water partition coefficient (Wildman–Crippen LogP) is 13.0.